The molecule has 0 bridgehead atoms. The molecule has 0 aromatic heterocycles. The van der Waals surface area contributed by atoms with Crippen molar-refractivity contribution in [2.24, 2.45) is 5.92 Å². The van der Waals surface area contributed by atoms with Crippen molar-refractivity contribution >= 4 is 5.91 Å². The zero-order valence-electron chi connectivity index (χ0n) is 9.70. The fraction of sp³-hybridized carbons (Fsp3) is 0.909. The Kier molecular flexibility index (Phi) is 5.05. The van der Waals surface area contributed by atoms with Gasteiger partial charge in [0.05, 0.1) is 12.6 Å². The van der Waals surface area contributed by atoms with Crippen LogP contribution in [0.2, 0.25) is 0 Å². The van der Waals surface area contributed by atoms with E-state index in [0.29, 0.717) is 19.0 Å². The molecule has 4 heteroatoms. The quantitative estimate of drug-likeness (QED) is 0.703. The lowest BCUT2D eigenvalue weighted by Crippen LogP contribution is -2.44. The first-order valence-corrected chi connectivity index (χ1v) is 5.75. The molecule has 1 atom stereocenters. The summed E-state index contributed by atoms with van der Waals surface area (Å²) in [5, 5.41) is 12.3. The Bertz CT molecular complexity index is 207. The summed E-state index contributed by atoms with van der Waals surface area (Å²) in [6.07, 6.45) is 1.60. The van der Waals surface area contributed by atoms with Gasteiger partial charge in [-0.1, -0.05) is 13.8 Å². The van der Waals surface area contributed by atoms with Gasteiger partial charge < -0.3 is 10.4 Å². The predicted molar refractivity (Wildman–Crippen MR) is 59.5 cm³/mol. The Morgan fingerprint density at radius 3 is 2.93 bits per heavy atom. The molecule has 15 heavy (non-hydrogen) atoms. The monoisotopic (exact) mass is 214 g/mol. The van der Waals surface area contributed by atoms with Crippen molar-refractivity contribution in [3.8, 4) is 0 Å². The SMILES string of the molecule is CC(C)CNC(=O)CN1CCCC(O)C1. The van der Waals surface area contributed by atoms with Gasteiger partial charge >= 0.3 is 0 Å². The first-order valence-electron chi connectivity index (χ1n) is 5.75. The molecular weight excluding hydrogens is 192 g/mol. The van der Waals surface area contributed by atoms with Gasteiger partial charge in [0.2, 0.25) is 5.91 Å². The molecule has 1 amide bonds. The van der Waals surface area contributed by atoms with Crippen molar-refractivity contribution in [1.82, 2.24) is 10.2 Å². The number of likely N-dealkylation sites (tertiary alicyclic amines) is 1. The van der Waals surface area contributed by atoms with Crippen LogP contribution in [0.25, 0.3) is 0 Å². The van der Waals surface area contributed by atoms with Gasteiger partial charge in [-0.3, -0.25) is 9.69 Å². The zero-order chi connectivity index (χ0) is 11.3. The predicted octanol–water partition coefficient (Wildman–Crippen LogP) is 0.215. The Morgan fingerprint density at radius 2 is 2.33 bits per heavy atom. The molecule has 0 aliphatic carbocycles. The number of piperidine rings is 1. The summed E-state index contributed by atoms with van der Waals surface area (Å²) in [4.78, 5) is 13.5. The Morgan fingerprint density at radius 1 is 1.60 bits per heavy atom. The van der Waals surface area contributed by atoms with E-state index in [-0.39, 0.29) is 12.0 Å². The van der Waals surface area contributed by atoms with Crippen LogP contribution in [0, 0.1) is 5.92 Å². The minimum atomic E-state index is -0.253. The second-order valence-corrected chi connectivity index (χ2v) is 4.73. The van der Waals surface area contributed by atoms with Gasteiger partial charge in [0.25, 0.3) is 0 Å². The highest BCUT2D eigenvalue weighted by Crippen LogP contribution is 2.08. The van der Waals surface area contributed by atoms with E-state index < -0.39 is 0 Å². The first-order chi connectivity index (χ1) is 7.08. The highest BCUT2D eigenvalue weighted by Gasteiger charge is 2.19. The van der Waals surface area contributed by atoms with Crippen molar-refractivity contribution in [1.29, 1.82) is 0 Å². The van der Waals surface area contributed by atoms with Gasteiger partial charge in [-0.25, -0.2) is 0 Å². The van der Waals surface area contributed by atoms with E-state index in [9.17, 15) is 9.90 Å². The lowest BCUT2D eigenvalue weighted by Gasteiger charge is -2.29. The number of nitrogens with one attached hydrogen (secondary N) is 1. The molecule has 1 aliphatic rings. The molecule has 0 aromatic carbocycles. The molecule has 1 saturated heterocycles. The van der Waals surface area contributed by atoms with Crippen molar-refractivity contribution in [3.63, 3.8) is 0 Å². The topological polar surface area (TPSA) is 52.6 Å². The summed E-state index contributed by atoms with van der Waals surface area (Å²) in [5.74, 6) is 0.554. The molecule has 1 fully saturated rings. The highest BCUT2D eigenvalue weighted by atomic mass is 16.3. The van der Waals surface area contributed by atoms with E-state index in [1.807, 2.05) is 4.90 Å². The molecule has 0 aromatic rings. The summed E-state index contributed by atoms with van der Waals surface area (Å²) in [6.45, 7) is 6.86. The fourth-order valence-corrected chi connectivity index (χ4v) is 1.75. The van der Waals surface area contributed by atoms with Crippen molar-refractivity contribution in [3.05, 3.63) is 0 Å². The fourth-order valence-electron chi connectivity index (χ4n) is 1.75. The van der Waals surface area contributed by atoms with Crippen LogP contribution in [0.3, 0.4) is 0 Å². The van der Waals surface area contributed by atoms with Gasteiger partial charge in [0.1, 0.15) is 0 Å². The third-order valence-electron chi connectivity index (χ3n) is 2.56. The summed E-state index contributed by atoms with van der Waals surface area (Å²) in [5.41, 5.74) is 0. The number of nitrogens with zero attached hydrogens (tertiary/aromatic N) is 1. The Balaban J connectivity index is 2.19. The van der Waals surface area contributed by atoms with Crippen LogP contribution in [0.5, 0.6) is 0 Å². The largest absolute Gasteiger partial charge is 0.392 e. The third kappa shape index (κ3) is 5.14. The summed E-state index contributed by atoms with van der Waals surface area (Å²) < 4.78 is 0. The van der Waals surface area contributed by atoms with Crippen molar-refractivity contribution in [2.75, 3.05) is 26.2 Å². The molecule has 1 unspecified atom stereocenters. The molecule has 2 N–H and O–H groups in total. The lowest BCUT2D eigenvalue weighted by atomic mass is 10.1. The first kappa shape index (κ1) is 12.5. The number of aliphatic hydroxyl groups excluding tert-OH is 1. The molecule has 88 valence electrons. The average molecular weight is 214 g/mol. The summed E-state index contributed by atoms with van der Waals surface area (Å²) in [7, 11) is 0. The molecule has 4 nitrogen and oxygen atoms in total. The minimum absolute atomic E-state index is 0.0674. The maximum atomic E-state index is 11.5. The van der Waals surface area contributed by atoms with E-state index in [4.69, 9.17) is 0 Å². The number of rotatable bonds is 4. The number of carbonyl (C=O) groups is 1. The van der Waals surface area contributed by atoms with Gasteiger partial charge in [-0.15, -0.1) is 0 Å². The molecule has 0 spiro atoms. The second-order valence-electron chi connectivity index (χ2n) is 4.73. The highest BCUT2D eigenvalue weighted by molar-refractivity contribution is 5.78. The van der Waals surface area contributed by atoms with Crippen LogP contribution in [-0.4, -0.2) is 48.2 Å². The minimum Gasteiger partial charge on any atom is -0.392 e. The number of β-amino-alcohol motifs (C(OH)–C–C–N with tert-alkyl or cyclic N) is 1. The van der Waals surface area contributed by atoms with E-state index in [1.165, 1.54) is 0 Å². The molecule has 1 heterocycles. The van der Waals surface area contributed by atoms with Gasteiger partial charge in [0.15, 0.2) is 0 Å². The van der Waals surface area contributed by atoms with Gasteiger partial charge in [0, 0.05) is 13.1 Å². The Labute approximate surface area is 91.6 Å². The normalized spacial score (nSPS) is 23.1. The van der Waals surface area contributed by atoms with Crippen LogP contribution in [0.1, 0.15) is 26.7 Å². The molecule has 1 rings (SSSR count). The van der Waals surface area contributed by atoms with Crippen LogP contribution in [0.15, 0.2) is 0 Å². The lowest BCUT2D eigenvalue weighted by molar-refractivity contribution is -0.123. The number of amides is 1. The molecule has 0 radical (unpaired) electrons. The van der Waals surface area contributed by atoms with Crippen molar-refractivity contribution < 1.29 is 9.90 Å². The Hall–Kier alpha value is -0.610. The van der Waals surface area contributed by atoms with E-state index in [1.54, 1.807) is 0 Å². The van der Waals surface area contributed by atoms with E-state index in [2.05, 4.69) is 19.2 Å². The summed E-state index contributed by atoms with van der Waals surface area (Å²) in [6, 6.07) is 0. The smallest absolute Gasteiger partial charge is 0.234 e. The van der Waals surface area contributed by atoms with Gasteiger partial charge in [-0.2, -0.15) is 0 Å². The second kappa shape index (κ2) is 6.08. The summed E-state index contributed by atoms with van der Waals surface area (Å²) >= 11 is 0. The number of carbonyl (C=O) groups excluding carboxylic acids is 1. The molecule has 0 saturated carbocycles. The van der Waals surface area contributed by atoms with Crippen LogP contribution >= 0.6 is 0 Å². The molecular formula is C11H22N2O2. The maximum absolute atomic E-state index is 11.5. The van der Waals surface area contributed by atoms with Crippen LogP contribution in [0.4, 0.5) is 0 Å². The average Bonchev–Trinajstić information content (AvgIpc) is 2.15. The van der Waals surface area contributed by atoms with E-state index in [0.717, 1.165) is 25.9 Å². The number of aliphatic hydroxyl groups is 1. The number of hydrogen-bond acceptors (Lipinski definition) is 3. The van der Waals surface area contributed by atoms with Crippen LogP contribution in [-0.2, 0) is 4.79 Å². The van der Waals surface area contributed by atoms with Crippen molar-refractivity contribution in [2.45, 2.75) is 32.8 Å². The van der Waals surface area contributed by atoms with Gasteiger partial charge in [-0.05, 0) is 25.3 Å². The standard InChI is InChI=1S/C11H22N2O2/c1-9(2)6-12-11(15)8-13-5-3-4-10(14)7-13/h9-10,14H,3-8H2,1-2H3,(H,12,15). The number of hydrogen-bond donors (Lipinski definition) is 2. The maximum Gasteiger partial charge on any atom is 0.234 e. The molecule has 1 aliphatic heterocycles. The van der Waals surface area contributed by atoms with Crippen LogP contribution < -0.4 is 5.32 Å². The van der Waals surface area contributed by atoms with E-state index >= 15 is 0 Å². The third-order valence-corrected chi connectivity index (χ3v) is 2.56. The zero-order valence-corrected chi connectivity index (χ0v) is 9.70.